The average Bonchev–Trinajstić information content (AvgIpc) is 2.28. The number of ether oxygens (including phenoxy) is 2. The number of nitrogens with two attached hydrogens (primary N) is 1. The Bertz CT molecular complexity index is 258. The summed E-state index contributed by atoms with van der Waals surface area (Å²) < 4.78 is 48.7. The largest absolute Gasteiger partial charge is 0.403 e. The van der Waals surface area contributed by atoms with Gasteiger partial charge >= 0.3 is 6.18 Å². The SMILES string of the molecule is NC(C1CCOC2(CCOCC2)C1)C(F)(F)F. The minimum absolute atomic E-state index is 0.369. The van der Waals surface area contributed by atoms with Gasteiger partial charge in [0.2, 0.25) is 0 Å². The highest BCUT2D eigenvalue weighted by atomic mass is 19.4. The molecule has 2 fully saturated rings. The maximum atomic E-state index is 12.6. The molecule has 17 heavy (non-hydrogen) atoms. The first kappa shape index (κ1) is 13.1. The highest BCUT2D eigenvalue weighted by Crippen LogP contribution is 2.40. The zero-order valence-corrected chi connectivity index (χ0v) is 9.63. The van der Waals surface area contributed by atoms with Crippen LogP contribution in [0.2, 0.25) is 0 Å². The normalized spacial score (nSPS) is 31.4. The third kappa shape index (κ3) is 2.92. The highest BCUT2D eigenvalue weighted by molar-refractivity contribution is 4.93. The Balaban J connectivity index is 2.01. The van der Waals surface area contributed by atoms with Crippen LogP contribution >= 0.6 is 0 Å². The van der Waals surface area contributed by atoms with Crippen LogP contribution in [0.4, 0.5) is 13.2 Å². The van der Waals surface area contributed by atoms with Crippen LogP contribution in [0, 0.1) is 5.92 Å². The molecule has 0 bridgehead atoms. The van der Waals surface area contributed by atoms with Crippen LogP contribution in [0.3, 0.4) is 0 Å². The number of alkyl halides is 3. The van der Waals surface area contributed by atoms with Crippen molar-refractivity contribution >= 4 is 0 Å². The second kappa shape index (κ2) is 4.74. The molecule has 0 amide bonds. The number of halogens is 3. The van der Waals surface area contributed by atoms with Crippen molar-refractivity contribution in [3.8, 4) is 0 Å². The summed E-state index contributed by atoms with van der Waals surface area (Å²) in [4.78, 5) is 0. The van der Waals surface area contributed by atoms with Crippen molar-refractivity contribution in [1.29, 1.82) is 0 Å². The van der Waals surface area contributed by atoms with Gasteiger partial charge in [0.1, 0.15) is 6.04 Å². The van der Waals surface area contributed by atoms with Crippen molar-refractivity contribution in [2.24, 2.45) is 11.7 Å². The predicted molar refractivity (Wildman–Crippen MR) is 55.5 cm³/mol. The molecule has 3 nitrogen and oxygen atoms in total. The predicted octanol–water partition coefficient (Wildman–Crippen LogP) is 1.85. The molecule has 0 aromatic rings. The minimum Gasteiger partial charge on any atom is -0.381 e. The molecule has 100 valence electrons. The molecule has 2 heterocycles. The summed E-state index contributed by atoms with van der Waals surface area (Å²) in [5.41, 5.74) is 4.88. The fourth-order valence-electron chi connectivity index (χ4n) is 2.73. The number of hydrogen-bond donors (Lipinski definition) is 1. The quantitative estimate of drug-likeness (QED) is 0.775. The van der Waals surface area contributed by atoms with E-state index < -0.39 is 23.7 Å². The fourth-order valence-corrected chi connectivity index (χ4v) is 2.73. The van der Waals surface area contributed by atoms with Crippen molar-refractivity contribution in [3.05, 3.63) is 0 Å². The van der Waals surface area contributed by atoms with Gasteiger partial charge in [0.25, 0.3) is 0 Å². The summed E-state index contributed by atoms with van der Waals surface area (Å²) in [6.07, 6.45) is -2.17. The van der Waals surface area contributed by atoms with Crippen molar-refractivity contribution in [1.82, 2.24) is 0 Å². The first-order valence-electron chi connectivity index (χ1n) is 5.97. The Hall–Kier alpha value is -0.330. The van der Waals surface area contributed by atoms with Crippen LogP contribution in [0.15, 0.2) is 0 Å². The Kier molecular flexibility index (Phi) is 3.66. The molecule has 0 radical (unpaired) electrons. The molecule has 2 N–H and O–H groups in total. The van der Waals surface area contributed by atoms with Crippen LogP contribution in [-0.2, 0) is 9.47 Å². The maximum absolute atomic E-state index is 12.6. The second-order valence-corrected chi connectivity index (χ2v) is 4.96. The van der Waals surface area contributed by atoms with Crippen molar-refractivity contribution in [2.45, 2.75) is 43.5 Å². The lowest BCUT2D eigenvalue weighted by atomic mass is 9.78. The molecule has 6 heteroatoms. The van der Waals surface area contributed by atoms with Crippen molar-refractivity contribution in [2.75, 3.05) is 19.8 Å². The van der Waals surface area contributed by atoms with E-state index >= 15 is 0 Å². The molecule has 2 aliphatic rings. The number of hydrogen-bond acceptors (Lipinski definition) is 3. The first-order valence-corrected chi connectivity index (χ1v) is 5.97. The summed E-state index contributed by atoms with van der Waals surface area (Å²) in [7, 11) is 0. The Morgan fingerprint density at radius 2 is 1.82 bits per heavy atom. The molecule has 0 saturated carbocycles. The summed E-state index contributed by atoms with van der Waals surface area (Å²) in [6, 6.07) is -1.73. The summed E-state index contributed by atoms with van der Waals surface area (Å²) in [5.74, 6) is -0.526. The van der Waals surface area contributed by atoms with E-state index in [1.165, 1.54) is 0 Å². The van der Waals surface area contributed by atoms with E-state index in [1.807, 2.05) is 0 Å². The maximum Gasteiger partial charge on any atom is 0.403 e. The summed E-state index contributed by atoms with van der Waals surface area (Å²) in [6.45, 7) is 1.50. The van der Waals surface area contributed by atoms with Gasteiger partial charge in [-0.15, -0.1) is 0 Å². The van der Waals surface area contributed by atoms with Gasteiger partial charge in [-0.2, -0.15) is 13.2 Å². The first-order chi connectivity index (χ1) is 7.93. The van der Waals surface area contributed by atoms with E-state index in [1.54, 1.807) is 0 Å². The smallest absolute Gasteiger partial charge is 0.381 e. The van der Waals surface area contributed by atoms with Crippen LogP contribution in [0.25, 0.3) is 0 Å². The standard InChI is InChI=1S/C11H18F3NO2/c12-11(13,14)9(15)8-1-4-17-10(7-8)2-5-16-6-3-10/h8-9H,1-7,15H2. The molecule has 2 unspecified atom stereocenters. The Morgan fingerprint density at radius 3 is 2.41 bits per heavy atom. The highest BCUT2D eigenvalue weighted by Gasteiger charge is 2.47. The Morgan fingerprint density at radius 1 is 1.18 bits per heavy atom. The monoisotopic (exact) mass is 253 g/mol. The fraction of sp³-hybridized carbons (Fsp3) is 1.00. The molecule has 0 aliphatic carbocycles. The molecule has 1 spiro atoms. The molecule has 0 aromatic carbocycles. The molecular formula is C11H18F3NO2. The van der Waals surface area contributed by atoms with E-state index in [2.05, 4.69) is 0 Å². The van der Waals surface area contributed by atoms with E-state index in [4.69, 9.17) is 15.2 Å². The van der Waals surface area contributed by atoms with Crippen LogP contribution in [-0.4, -0.2) is 37.6 Å². The minimum atomic E-state index is -4.31. The zero-order valence-electron chi connectivity index (χ0n) is 9.63. The van der Waals surface area contributed by atoms with E-state index in [9.17, 15) is 13.2 Å². The van der Waals surface area contributed by atoms with Crippen LogP contribution in [0.5, 0.6) is 0 Å². The van der Waals surface area contributed by atoms with Gasteiger partial charge in [0.15, 0.2) is 0 Å². The average molecular weight is 253 g/mol. The van der Waals surface area contributed by atoms with Gasteiger partial charge in [0, 0.05) is 19.8 Å². The molecule has 0 aromatic heterocycles. The molecule has 2 saturated heterocycles. The van der Waals surface area contributed by atoms with Gasteiger partial charge < -0.3 is 15.2 Å². The van der Waals surface area contributed by atoms with Crippen LogP contribution < -0.4 is 5.73 Å². The Labute approximate surface area is 98.4 Å². The van der Waals surface area contributed by atoms with Crippen LogP contribution in [0.1, 0.15) is 25.7 Å². The van der Waals surface area contributed by atoms with Gasteiger partial charge in [0.05, 0.1) is 5.60 Å². The summed E-state index contributed by atoms with van der Waals surface area (Å²) in [5, 5.41) is 0. The van der Waals surface area contributed by atoms with Gasteiger partial charge in [-0.25, -0.2) is 0 Å². The molecule has 2 rings (SSSR count). The van der Waals surface area contributed by atoms with Crippen molar-refractivity contribution in [3.63, 3.8) is 0 Å². The molecular weight excluding hydrogens is 235 g/mol. The van der Waals surface area contributed by atoms with Crippen molar-refractivity contribution < 1.29 is 22.6 Å². The summed E-state index contributed by atoms with van der Waals surface area (Å²) >= 11 is 0. The van der Waals surface area contributed by atoms with E-state index in [0.717, 1.165) is 0 Å². The molecule has 2 atom stereocenters. The second-order valence-electron chi connectivity index (χ2n) is 4.96. The van der Waals surface area contributed by atoms with E-state index in [0.29, 0.717) is 45.5 Å². The van der Waals surface area contributed by atoms with Gasteiger partial charge in [-0.3, -0.25) is 0 Å². The number of rotatable bonds is 1. The third-order valence-electron chi connectivity index (χ3n) is 3.82. The lowest BCUT2D eigenvalue weighted by Gasteiger charge is -2.44. The third-order valence-corrected chi connectivity index (χ3v) is 3.82. The molecule has 2 aliphatic heterocycles. The topological polar surface area (TPSA) is 44.5 Å². The van der Waals surface area contributed by atoms with E-state index in [-0.39, 0.29) is 0 Å². The van der Waals surface area contributed by atoms with Gasteiger partial charge in [-0.05, 0) is 31.6 Å². The zero-order chi connectivity index (χ0) is 12.5. The lowest BCUT2D eigenvalue weighted by molar-refractivity contribution is -0.190. The lowest BCUT2D eigenvalue weighted by Crippen LogP contribution is -2.52. The van der Waals surface area contributed by atoms with Gasteiger partial charge in [-0.1, -0.05) is 0 Å².